The average molecular weight is 487 g/mol. The second-order valence-electron chi connectivity index (χ2n) is 9.80. The number of para-hydroxylation sites is 1. The van der Waals surface area contributed by atoms with Gasteiger partial charge in [0.05, 0.1) is 0 Å². The van der Waals surface area contributed by atoms with E-state index in [0.29, 0.717) is 0 Å². The molecule has 1 heteroatoms. The van der Waals surface area contributed by atoms with Gasteiger partial charge in [-0.25, -0.2) is 0 Å². The normalized spacial score (nSPS) is 11.3. The summed E-state index contributed by atoms with van der Waals surface area (Å²) in [6, 6.07) is 51.8. The van der Waals surface area contributed by atoms with Gasteiger partial charge in [-0.15, -0.1) is 0 Å². The fourth-order valence-corrected chi connectivity index (χ4v) is 5.33. The standard InChI is InChI=1S/C37H26O/c1-3-9-26(10-4-1)23-27-15-17-28(18-16-27)29-19-21-30(22-20-29)32-24-34(31-11-5-2-6-12-31)37-35(25-32)33-13-7-8-14-36(33)38-37/h1-22,24-25H,23H2. The lowest BCUT2D eigenvalue weighted by atomic mass is 9.94. The van der Waals surface area contributed by atoms with Gasteiger partial charge < -0.3 is 4.42 Å². The highest BCUT2D eigenvalue weighted by Crippen LogP contribution is 2.39. The zero-order chi connectivity index (χ0) is 25.3. The zero-order valence-electron chi connectivity index (χ0n) is 21.0. The van der Waals surface area contributed by atoms with E-state index >= 15 is 0 Å². The van der Waals surface area contributed by atoms with Crippen molar-refractivity contribution in [2.75, 3.05) is 0 Å². The summed E-state index contributed by atoms with van der Waals surface area (Å²) < 4.78 is 6.35. The Morgan fingerprint density at radius 2 is 0.947 bits per heavy atom. The third kappa shape index (κ3) is 4.19. The minimum atomic E-state index is 0.919. The molecule has 1 nitrogen and oxygen atoms in total. The first kappa shape index (κ1) is 22.3. The van der Waals surface area contributed by atoms with E-state index in [-0.39, 0.29) is 0 Å². The molecule has 0 radical (unpaired) electrons. The third-order valence-corrected chi connectivity index (χ3v) is 7.32. The monoisotopic (exact) mass is 486 g/mol. The van der Waals surface area contributed by atoms with Gasteiger partial charge in [-0.2, -0.15) is 0 Å². The van der Waals surface area contributed by atoms with E-state index in [1.807, 2.05) is 12.1 Å². The maximum Gasteiger partial charge on any atom is 0.143 e. The van der Waals surface area contributed by atoms with Crippen LogP contribution in [0.3, 0.4) is 0 Å². The maximum atomic E-state index is 6.35. The van der Waals surface area contributed by atoms with Gasteiger partial charge in [0.1, 0.15) is 11.2 Å². The Morgan fingerprint density at radius 1 is 0.395 bits per heavy atom. The van der Waals surface area contributed by atoms with E-state index in [9.17, 15) is 0 Å². The summed E-state index contributed by atoms with van der Waals surface area (Å²) in [6.45, 7) is 0. The van der Waals surface area contributed by atoms with Crippen molar-refractivity contribution in [3.05, 3.63) is 157 Å². The number of rotatable bonds is 5. The van der Waals surface area contributed by atoms with Crippen LogP contribution in [-0.2, 0) is 6.42 Å². The molecule has 0 N–H and O–H groups in total. The number of benzene rings is 6. The molecule has 0 saturated heterocycles. The summed E-state index contributed by atoms with van der Waals surface area (Å²) in [5.74, 6) is 0. The molecular weight excluding hydrogens is 460 g/mol. The first-order valence-corrected chi connectivity index (χ1v) is 13.1. The van der Waals surface area contributed by atoms with Gasteiger partial charge in [0.15, 0.2) is 0 Å². The van der Waals surface area contributed by atoms with Crippen LogP contribution in [0.1, 0.15) is 11.1 Å². The van der Waals surface area contributed by atoms with Crippen molar-refractivity contribution >= 4 is 21.9 Å². The Labute approximate surface area is 222 Å². The number of fused-ring (bicyclic) bond motifs is 3. The van der Waals surface area contributed by atoms with E-state index in [1.54, 1.807) is 0 Å². The second kappa shape index (κ2) is 9.53. The second-order valence-corrected chi connectivity index (χ2v) is 9.80. The number of hydrogen-bond donors (Lipinski definition) is 0. The molecule has 0 aliphatic heterocycles. The van der Waals surface area contributed by atoms with E-state index in [4.69, 9.17) is 4.42 Å². The molecule has 7 aromatic rings. The van der Waals surface area contributed by atoms with E-state index < -0.39 is 0 Å². The lowest BCUT2D eigenvalue weighted by Gasteiger charge is -2.10. The van der Waals surface area contributed by atoms with Crippen LogP contribution in [0, 0.1) is 0 Å². The third-order valence-electron chi connectivity index (χ3n) is 7.32. The summed E-state index contributed by atoms with van der Waals surface area (Å²) in [4.78, 5) is 0. The van der Waals surface area contributed by atoms with Gasteiger partial charge in [0, 0.05) is 16.3 Å². The summed E-state index contributed by atoms with van der Waals surface area (Å²) >= 11 is 0. The van der Waals surface area contributed by atoms with Crippen LogP contribution in [0.5, 0.6) is 0 Å². The number of furan rings is 1. The SMILES string of the molecule is c1ccc(Cc2ccc(-c3ccc(-c4cc(-c5ccccc5)c5oc6ccccc6c5c4)cc3)cc2)cc1. The fourth-order valence-electron chi connectivity index (χ4n) is 5.33. The zero-order valence-corrected chi connectivity index (χ0v) is 21.0. The highest BCUT2D eigenvalue weighted by Gasteiger charge is 2.15. The van der Waals surface area contributed by atoms with Crippen LogP contribution in [0.15, 0.2) is 150 Å². The van der Waals surface area contributed by atoms with Gasteiger partial charge in [-0.05, 0) is 63.6 Å². The van der Waals surface area contributed by atoms with Crippen molar-refractivity contribution in [1.82, 2.24) is 0 Å². The summed E-state index contributed by atoms with van der Waals surface area (Å²) in [7, 11) is 0. The van der Waals surface area contributed by atoms with Crippen molar-refractivity contribution in [1.29, 1.82) is 0 Å². The van der Waals surface area contributed by atoms with Crippen LogP contribution in [-0.4, -0.2) is 0 Å². The van der Waals surface area contributed by atoms with Crippen LogP contribution in [0.2, 0.25) is 0 Å². The molecule has 0 aliphatic carbocycles. The Hall–Kier alpha value is -4.88. The van der Waals surface area contributed by atoms with Crippen molar-refractivity contribution in [3.8, 4) is 33.4 Å². The van der Waals surface area contributed by atoms with Crippen molar-refractivity contribution < 1.29 is 4.42 Å². The largest absolute Gasteiger partial charge is 0.455 e. The van der Waals surface area contributed by atoms with Crippen molar-refractivity contribution in [2.45, 2.75) is 6.42 Å². The lowest BCUT2D eigenvalue weighted by molar-refractivity contribution is 0.670. The lowest BCUT2D eigenvalue weighted by Crippen LogP contribution is -1.88. The highest BCUT2D eigenvalue weighted by molar-refractivity contribution is 6.11. The Bertz CT molecular complexity index is 1840. The topological polar surface area (TPSA) is 13.1 Å². The molecule has 180 valence electrons. The van der Waals surface area contributed by atoms with Gasteiger partial charge in [-0.3, -0.25) is 0 Å². The van der Waals surface area contributed by atoms with Gasteiger partial charge in [0.25, 0.3) is 0 Å². The predicted octanol–water partition coefficient (Wildman–Crippen LogP) is 10.2. The Morgan fingerprint density at radius 3 is 1.66 bits per heavy atom. The molecule has 0 spiro atoms. The van der Waals surface area contributed by atoms with E-state index in [1.165, 1.54) is 33.4 Å². The Kier molecular flexibility index (Phi) is 5.60. The van der Waals surface area contributed by atoms with Gasteiger partial charge >= 0.3 is 0 Å². The van der Waals surface area contributed by atoms with Gasteiger partial charge in [0.2, 0.25) is 0 Å². The molecule has 1 aromatic heterocycles. The minimum absolute atomic E-state index is 0.919. The van der Waals surface area contributed by atoms with E-state index in [2.05, 4.69) is 133 Å². The smallest absolute Gasteiger partial charge is 0.143 e. The van der Waals surface area contributed by atoms with Crippen LogP contribution in [0.25, 0.3) is 55.3 Å². The molecule has 0 fully saturated rings. The van der Waals surface area contributed by atoms with Crippen molar-refractivity contribution in [2.24, 2.45) is 0 Å². The molecular formula is C37H26O. The van der Waals surface area contributed by atoms with Crippen molar-refractivity contribution in [3.63, 3.8) is 0 Å². The van der Waals surface area contributed by atoms with Gasteiger partial charge in [-0.1, -0.05) is 127 Å². The average Bonchev–Trinajstić information content (AvgIpc) is 3.37. The summed E-state index contributed by atoms with van der Waals surface area (Å²) in [5.41, 5.74) is 11.6. The molecule has 0 aliphatic rings. The molecule has 0 unspecified atom stereocenters. The molecule has 1 heterocycles. The maximum absolute atomic E-state index is 6.35. The molecule has 0 saturated carbocycles. The molecule has 0 bridgehead atoms. The molecule has 0 amide bonds. The van der Waals surface area contributed by atoms with E-state index in [0.717, 1.165) is 39.5 Å². The van der Waals surface area contributed by atoms with Crippen LogP contribution in [0.4, 0.5) is 0 Å². The van der Waals surface area contributed by atoms with Crippen LogP contribution < -0.4 is 0 Å². The summed E-state index contributed by atoms with van der Waals surface area (Å²) in [6.07, 6.45) is 0.953. The predicted molar refractivity (Wildman–Crippen MR) is 159 cm³/mol. The fraction of sp³-hybridized carbons (Fsp3) is 0.0270. The molecule has 38 heavy (non-hydrogen) atoms. The highest BCUT2D eigenvalue weighted by atomic mass is 16.3. The quantitative estimate of drug-likeness (QED) is 0.236. The molecule has 7 rings (SSSR count). The molecule has 0 atom stereocenters. The first-order chi connectivity index (χ1) is 18.8. The summed E-state index contributed by atoms with van der Waals surface area (Å²) in [5, 5.41) is 2.30. The minimum Gasteiger partial charge on any atom is -0.455 e. The Balaban J connectivity index is 1.25. The number of hydrogen-bond acceptors (Lipinski definition) is 1. The van der Waals surface area contributed by atoms with Crippen LogP contribution >= 0.6 is 0 Å². The molecule has 6 aromatic carbocycles. The first-order valence-electron chi connectivity index (χ1n) is 13.1.